The first kappa shape index (κ1) is 14.8. The van der Waals surface area contributed by atoms with Crippen molar-refractivity contribution in [2.24, 2.45) is 0 Å². The maximum Gasteiger partial charge on any atom is 0.355 e. The number of H-pyrrole nitrogens is 1. The van der Waals surface area contributed by atoms with Gasteiger partial charge in [-0.15, -0.1) is 0 Å². The molecule has 1 N–H and O–H groups in total. The Hall–Kier alpha value is -3.08. The zero-order valence-electron chi connectivity index (χ0n) is 12.5. The van der Waals surface area contributed by atoms with Gasteiger partial charge < -0.3 is 14.5 Å². The van der Waals surface area contributed by atoms with Crippen molar-refractivity contribution in [1.82, 2.24) is 4.98 Å². The molecule has 3 rings (SSSR count). The second-order valence-corrected chi connectivity index (χ2v) is 4.87. The Bertz CT molecular complexity index is 852. The first-order valence-electron chi connectivity index (χ1n) is 7.24. The summed E-state index contributed by atoms with van der Waals surface area (Å²) in [5.41, 5.74) is 1.11. The van der Waals surface area contributed by atoms with Crippen LogP contribution >= 0.6 is 0 Å². The molecule has 0 amide bonds. The molecule has 0 saturated carbocycles. The number of aromatic amines is 1. The molecule has 3 aromatic rings. The molecule has 1 heterocycles. The molecule has 5 nitrogen and oxygen atoms in total. The van der Waals surface area contributed by atoms with Crippen molar-refractivity contribution in [3.8, 4) is 11.5 Å². The Kier molecular flexibility index (Phi) is 4.10. The van der Waals surface area contributed by atoms with Gasteiger partial charge in [-0.25, -0.2) is 4.79 Å². The number of rotatable bonds is 5. The first-order chi connectivity index (χ1) is 11.2. The molecule has 5 heteroatoms. The van der Waals surface area contributed by atoms with Gasteiger partial charge in [0.2, 0.25) is 0 Å². The maximum absolute atomic E-state index is 11.9. The van der Waals surface area contributed by atoms with Crippen LogP contribution in [0.1, 0.15) is 27.8 Å². The van der Waals surface area contributed by atoms with Gasteiger partial charge in [-0.3, -0.25) is 4.79 Å². The average Bonchev–Trinajstić information content (AvgIpc) is 2.94. The summed E-state index contributed by atoms with van der Waals surface area (Å²) in [6.07, 6.45) is 0.650. The van der Waals surface area contributed by atoms with Gasteiger partial charge in [0.25, 0.3) is 0 Å². The van der Waals surface area contributed by atoms with Crippen LogP contribution in [0.5, 0.6) is 11.5 Å². The monoisotopic (exact) mass is 309 g/mol. The molecule has 0 bridgehead atoms. The van der Waals surface area contributed by atoms with E-state index in [9.17, 15) is 9.59 Å². The quantitative estimate of drug-likeness (QED) is 0.572. The number of nitrogens with one attached hydrogen (secondary N) is 1. The fourth-order valence-electron chi connectivity index (χ4n) is 2.37. The zero-order chi connectivity index (χ0) is 16.2. The third-order valence-electron chi connectivity index (χ3n) is 3.39. The van der Waals surface area contributed by atoms with E-state index in [2.05, 4.69) is 4.98 Å². The van der Waals surface area contributed by atoms with E-state index in [0.717, 1.165) is 0 Å². The SMILES string of the molecule is CCOC(=O)c1[nH]c2ccc(Oc3ccccc3)cc2c1C=O. The number of ether oxygens (including phenoxy) is 2. The molecule has 0 fully saturated rings. The van der Waals surface area contributed by atoms with Gasteiger partial charge in [0.1, 0.15) is 17.2 Å². The minimum Gasteiger partial charge on any atom is -0.461 e. The summed E-state index contributed by atoms with van der Waals surface area (Å²) in [4.78, 5) is 26.3. The lowest BCUT2D eigenvalue weighted by molar-refractivity contribution is 0.0518. The minimum atomic E-state index is -0.545. The Balaban J connectivity index is 2.01. The molecular formula is C18H15NO4. The van der Waals surface area contributed by atoms with Crippen LogP contribution in [0.2, 0.25) is 0 Å². The molecule has 0 saturated heterocycles. The summed E-state index contributed by atoms with van der Waals surface area (Å²) in [6, 6.07) is 14.6. The molecule has 0 aliphatic rings. The third kappa shape index (κ3) is 2.94. The van der Waals surface area contributed by atoms with Gasteiger partial charge in [-0.2, -0.15) is 0 Å². The largest absolute Gasteiger partial charge is 0.461 e. The maximum atomic E-state index is 11.9. The fraction of sp³-hybridized carbons (Fsp3) is 0.111. The number of carbonyl (C=O) groups is 2. The van der Waals surface area contributed by atoms with Gasteiger partial charge in [0.05, 0.1) is 12.2 Å². The highest BCUT2D eigenvalue weighted by Gasteiger charge is 2.18. The molecule has 0 atom stereocenters. The van der Waals surface area contributed by atoms with Gasteiger partial charge >= 0.3 is 5.97 Å². The predicted octanol–water partition coefficient (Wildman–Crippen LogP) is 3.95. The second kappa shape index (κ2) is 6.36. The van der Waals surface area contributed by atoms with E-state index in [0.29, 0.717) is 28.7 Å². The number of fused-ring (bicyclic) bond motifs is 1. The van der Waals surface area contributed by atoms with Gasteiger partial charge in [0.15, 0.2) is 6.29 Å². The summed E-state index contributed by atoms with van der Waals surface area (Å²) < 4.78 is 10.7. The van der Waals surface area contributed by atoms with Crippen LogP contribution in [0.25, 0.3) is 10.9 Å². The fourth-order valence-corrected chi connectivity index (χ4v) is 2.37. The normalized spacial score (nSPS) is 10.5. The standard InChI is InChI=1S/C18H15NO4/c1-2-22-18(21)17-15(11-20)14-10-13(8-9-16(14)19-17)23-12-6-4-3-5-7-12/h3-11,19H,2H2,1H3. The number of para-hydroxylation sites is 1. The van der Waals surface area contributed by atoms with E-state index in [1.165, 1.54) is 0 Å². The third-order valence-corrected chi connectivity index (χ3v) is 3.39. The van der Waals surface area contributed by atoms with Crippen molar-refractivity contribution in [3.05, 3.63) is 59.8 Å². The number of aromatic nitrogens is 1. The van der Waals surface area contributed by atoms with Gasteiger partial charge in [-0.1, -0.05) is 18.2 Å². The van der Waals surface area contributed by atoms with E-state index in [1.807, 2.05) is 30.3 Å². The van der Waals surface area contributed by atoms with Crippen molar-refractivity contribution in [2.75, 3.05) is 6.61 Å². The van der Waals surface area contributed by atoms with E-state index in [1.54, 1.807) is 25.1 Å². The van der Waals surface area contributed by atoms with Crippen molar-refractivity contribution >= 4 is 23.2 Å². The summed E-state index contributed by atoms with van der Waals surface area (Å²) in [6.45, 7) is 1.96. The molecule has 1 aromatic heterocycles. The lowest BCUT2D eigenvalue weighted by Gasteiger charge is -2.05. The average molecular weight is 309 g/mol. The van der Waals surface area contributed by atoms with Crippen LogP contribution in [0.4, 0.5) is 0 Å². The number of carbonyl (C=O) groups excluding carboxylic acids is 2. The Morgan fingerprint density at radius 3 is 2.61 bits per heavy atom. The van der Waals surface area contributed by atoms with Crippen molar-refractivity contribution in [1.29, 1.82) is 0 Å². The number of aldehydes is 1. The number of hydrogen-bond donors (Lipinski definition) is 1. The highest BCUT2D eigenvalue weighted by Crippen LogP contribution is 2.28. The molecular weight excluding hydrogens is 294 g/mol. The van der Waals surface area contributed by atoms with Crippen molar-refractivity contribution < 1.29 is 19.1 Å². The lowest BCUT2D eigenvalue weighted by atomic mass is 10.1. The molecule has 116 valence electrons. The zero-order valence-corrected chi connectivity index (χ0v) is 12.5. The van der Waals surface area contributed by atoms with Gasteiger partial charge in [0, 0.05) is 10.9 Å². The lowest BCUT2D eigenvalue weighted by Crippen LogP contribution is -2.07. The van der Waals surface area contributed by atoms with Crippen LogP contribution in [0, 0.1) is 0 Å². The minimum absolute atomic E-state index is 0.161. The molecule has 2 aromatic carbocycles. The van der Waals surface area contributed by atoms with E-state index in [4.69, 9.17) is 9.47 Å². The summed E-state index contributed by atoms with van der Waals surface area (Å²) in [5.74, 6) is 0.734. The number of hydrogen-bond acceptors (Lipinski definition) is 4. The van der Waals surface area contributed by atoms with E-state index in [-0.39, 0.29) is 17.9 Å². The molecule has 0 unspecified atom stereocenters. The first-order valence-corrected chi connectivity index (χ1v) is 7.24. The predicted molar refractivity (Wildman–Crippen MR) is 86.2 cm³/mol. The summed E-state index contributed by atoms with van der Waals surface area (Å²) in [7, 11) is 0. The highest BCUT2D eigenvalue weighted by molar-refractivity contribution is 6.08. The highest BCUT2D eigenvalue weighted by atomic mass is 16.5. The smallest absolute Gasteiger partial charge is 0.355 e. The number of esters is 1. The molecule has 0 spiro atoms. The van der Waals surface area contributed by atoms with Crippen molar-refractivity contribution in [2.45, 2.75) is 6.92 Å². The van der Waals surface area contributed by atoms with Crippen LogP contribution in [0.15, 0.2) is 48.5 Å². The molecule has 0 radical (unpaired) electrons. The Morgan fingerprint density at radius 2 is 1.91 bits per heavy atom. The van der Waals surface area contributed by atoms with Gasteiger partial charge in [-0.05, 0) is 37.3 Å². The van der Waals surface area contributed by atoms with Crippen LogP contribution < -0.4 is 4.74 Å². The molecule has 0 aliphatic carbocycles. The Labute approximate surface area is 132 Å². The second-order valence-electron chi connectivity index (χ2n) is 4.87. The topological polar surface area (TPSA) is 68.4 Å². The van der Waals surface area contributed by atoms with Crippen LogP contribution in [-0.4, -0.2) is 23.8 Å². The van der Waals surface area contributed by atoms with Crippen molar-refractivity contribution in [3.63, 3.8) is 0 Å². The van der Waals surface area contributed by atoms with E-state index < -0.39 is 5.97 Å². The van der Waals surface area contributed by atoms with Crippen LogP contribution in [0.3, 0.4) is 0 Å². The number of benzene rings is 2. The molecule has 0 aliphatic heterocycles. The molecule has 23 heavy (non-hydrogen) atoms. The summed E-state index contributed by atoms with van der Waals surface area (Å²) in [5, 5.41) is 0.622. The Morgan fingerprint density at radius 1 is 1.13 bits per heavy atom. The summed E-state index contributed by atoms with van der Waals surface area (Å²) >= 11 is 0. The van der Waals surface area contributed by atoms with Crippen LogP contribution in [-0.2, 0) is 4.74 Å². The van der Waals surface area contributed by atoms with E-state index >= 15 is 0 Å².